The number of nitrogens with zero attached hydrogens (tertiary/aromatic N) is 2. The number of carbonyl (C=O) groups is 2. The number of sulfonamides is 1. The van der Waals surface area contributed by atoms with Gasteiger partial charge in [0, 0.05) is 42.5 Å². The molecule has 3 aromatic rings. The first-order valence-corrected chi connectivity index (χ1v) is 16.3. The molecular weight excluding hydrogens is 581 g/mol. The van der Waals surface area contributed by atoms with Crippen LogP contribution >= 0.6 is 23.2 Å². The molecule has 0 aliphatic carbocycles. The van der Waals surface area contributed by atoms with Gasteiger partial charge in [-0.25, -0.2) is 8.42 Å². The van der Waals surface area contributed by atoms with Crippen LogP contribution in [-0.4, -0.2) is 50.5 Å². The fourth-order valence-corrected chi connectivity index (χ4v) is 5.88. The number of carbonyl (C=O) groups excluding carboxylic acids is 2. The predicted molar refractivity (Wildman–Crippen MR) is 167 cm³/mol. The van der Waals surface area contributed by atoms with Gasteiger partial charge in [0.1, 0.15) is 6.04 Å². The second-order valence-corrected chi connectivity index (χ2v) is 12.7. The van der Waals surface area contributed by atoms with Crippen LogP contribution in [0.5, 0.6) is 0 Å². The Hall–Kier alpha value is -3.07. The number of halogens is 2. The van der Waals surface area contributed by atoms with Crippen molar-refractivity contribution < 1.29 is 18.0 Å². The Labute approximate surface area is 253 Å². The van der Waals surface area contributed by atoms with Gasteiger partial charge in [0.25, 0.3) is 0 Å². The van der Waals surface area contributed by atoms with Crippen molar-refractivity contribution in [3.63, 3.8) is 0 Å². The van der Waals surface area contributed by atoms with Gasteiger partial charge in [-0.15, -0.1) is 0 Å². The molecule has 3 rings (SSSR count). The molecule has 0 saturated carbocycles. The van der Waals surface area contributed by atoms with Crippen LogP contribution in [0.15, 0.2) is 78.9 Å². The van der Waals surface area contributed by atoms with E-state index in [2.05, 4.69) is 5.32 Å². The number of rotatable bonds is 15. The molecule has 1 atom stereocenters. The Kier molecular flexibility index (Phi) is 12.5. The highest BCUT2D eigenvalue weighted by molar-refractivity contribution is 7.92. The SMILES string of the molecule is CCCCNC(=O)[C@H](Cc1ccccc1)N(Cc1cccc(Cl)c1)C(=O)CCCN(c1cccc(Cl)c1)S(C)(=O)=O. The molecule has 3 aromatic carbocycles. The topological polar surface area (TPSA) is 86.8 Å². The molecule has 1 N–H and O–H groups in total. The Morgan fingerprint density at radius 3 is 2.17 bits per heavy atom. The largest absolute Gasteiger partial charge is 0.354 e. The van der Waals surface area contributed by atoms with Crippen molar-refractivity contribution in [1.82, 2.24) is 10.2 Å². The molecule has 2 amide bonds. The molecule has 0 aliphatic rings. The lowest BCUT2D eigenvalue weighted by Crippen LogP contribution is -2.50. The molecule has 0 aromatic heterocycles. The van der Waals surface area contributed by atoms with Gasteiger partial charge in [0.2, 0.25) is 21.8 Å². The number of hydrogen-bond acceptors (Lipinski definition) is 4. The number of anilines is 1. The van der Waals surface area contributed by atoms with Crippen LogP contribution < -0.4 is 9.62 Å². The minimum Gasteiger partial charge on any atom is -0.354 e. The van der Waals surface area contributed by atoms with Crippen LogP contribution in [0.1, 0.15) is 43.7 Å². The Morgan fingerprint density at radius 1 is 0.878 bits per heavy atom. The first-order valence-electron chi connectivity index (χ1n) is 13.7. The first-order chi connectivity index (χ1) is 19.6. The molecule has 0 spiro atoms. The minimum atomic E-state index is -3.62. The van der Waals surface area contributed by atoms with Crippen molar-refractivity contribution in [2.75, 3.05) is 23.7 Å². The van der Waals surface area contributed by atoms with Gasteiger partial charge in [-0.1, -0.05) is 85.1 Å². The van der Waals surface area contributed by atoms with Crippen molar-refractivity contribution in [1.29, 1.82) is 0 Å². The van der Waals surface area contributed by atoms with Gasteiger partial charge >= 0.3 is 0 Å². The Balaban J connectivity index is 1.87. The number of unbranched alkanes of at least 4 members (excludes halogenated alkanes) is 1. The van der Waals surface area contributed by atoms with E-state index in [-0.39, 0.29) is 37.7 Å². The van der Waals surface area contributed by atoms with Crippen LogP contribution in [-0.2, 0) is 32.6 Å². The maximum absolute atomic E-state index is 13.8. The van der Waals surface area contributed by atoms with E-state index in [1.165, 1.54) is 4.31 Å². The third-order valence-electron chi connectivity index (χ3n) is 6.59. The van der Waals surface area contributed by atoms with E-state index in [9.17, 15) is 18.0 Å². The van der Waals surface area contributed by atoms with Crippen LogP contribution in [0.2, 0.25) is 10.0 Å². The molecule has 0 unspecified atom stereocenters. The molecule has 0 aliphatic heterocycles. The highest BCUT2D eigenvalue weighted by Crippen LogP contribution is 2.23. The molecule has 0 heterocycles. The number of benzene rings is 3. The quantitative estimate of drug-likeness (QED) is 0.209. The van der Waals surface area contributed by atoms with Gasteiger partial charge in [-0.05, 0) is 54.3 Å². The molecular formula is C31H37Cl2N3O4S. The van der Waals surface area contributed by atoms with E-state index < -0.39 is 16.1 Å². The molecule has 7 nitrogen and oxygen atoms in total. The minimum absolute atomic E-state index is 0.0423. The van der Waals surface area contributed by atoms with E-state index in [0.717, 1.165) is 30.2 Å². The van der Waals surface area contributed by atoms with Crippen molar-refractivity contribution in [2.45, 2.75) is 51.6 Å². The zero-order valence-electron chi connectivity index (χ0n) is 23.4. The van der Waals surface area contributed by atoms with Gasteiger partial charge in [-0.3, -0.25) is 13.9 Å². The summed E-state index contributed by atoms with van der Waals surface area (Å²) < 4.78 is 26.4. The monoisotopic (exact) mass is 617 g/mol. The van der Waals surface area contributed by atoms with Crippen molar-refractivity contribution in [3.05, 3.63) is 100 Å². The third-order valence-corrected chi connectivity index (χ3v) is 8.26. The van der Waals surface area contributed by atoms with Crippen molar-refractivity contribution >= 4 is 50.7 Å². The standard InChI is InChI=1S/C31H37Cl2N3O4S/c1-3-4-18-34-31(38)29(21-24-11-6-5-7-12-24)35(23-25-13-8-14-26(32)20-25)30(37)17-10-19-36(41(2,39)40)28-16-9-15-27(33)22-28/h5-9,11-16,20,22,29H,3-4,10,17-19,21,23H2,1-2H3,(H,34,38)/t29-/m0/s1. The summed E-state index contributed by atoms with van der Waals surface area (Å²) >= 11 is 12.3. The predicted octanol–water partition coefficient (Wildman–Crippen LogP) is 6.10. The number of amides is 2. The molecule has 220 valence electrons. The molecule has 0 fully saturated rings. The van der Waals surface area contributed by atoms with E-state index in [0.29, 0.717) is 28.7 Å². The van der Waals surface area contributed by atoms with Gasteiger partial charge in [0.05, 0.1) is 11.9 Å². The molecule has 0 saturated heterocycles. The van der Waals surface area contributed by atoms with Crippen LogP contribution in [0.25, 0.3) is 0 Å². The summed E-state index contributed by atoms with van der Waals surface area (Å²) in [5.74, 6) is -0.481. The van der Waals surface area contributed by atoms with Gasteiger partial charge in [-0.2, -0.15) is 0 Å². The van der Waals surface area contributed by atoms with Gasteiger partial charge < -0.3 is 10.2 Å². The van der Waals surface area contributed by atoms with Crippen molar-refractivity contribution in [2.24, 2.45) is 0 Å². The first kappa shape index (κ1) is 32.4. The highest BCUT2D eigenvalue weighted by Gasteiger charge is 2.30. The van der Waals surface area contributed by atoms with Crippen LogP contribution in [0, 0.1) is 0 Å². The average molecular weight is 619 g/mol. The van der Waals surface area contributed by atoms with E-state index in [1.54, 1.807) is 41.3 Å². The molecule has 41 heavy (non-hydrogen) atoms. The summed E-state index contributed by atoms with van der Waals surface area (Å²) in [6.45, 7) is 2.83. The summed E-state index contributed by atoms with van der Waals surface area (Å²) in [6.07, 6.45) is 3.51. The summed E-state index contributed by atoms with van der Waals surface area (Å²) in [4.78, 5) is 29.0. The summed E-state index contributed by atoms with van der Waals surface area (Å²) in [7, 11) is -3.62. The second kappa shape index (κ2) is 15.8. The Bertz CT molecular complexity index is 1400. The summed E-state index contributed by atoms with van der Waals surface area (Å²) in [5.41, 5.74) is 2.15. The second-order valence-electron chi connectivity index (χ2n) is 9.92. The normalized spacial score (nSPS) is 12.0. The third kappa shape index (κ3) is 10.4. The maximum atomic E-state index is 13.8. The lowest BCUT2D eigenvalue weighted by atomic mass is 10.0. The summed E-state index contributed by atoms with van der Waals surface area (Å²) in [5, 5.41) is 3.95. The fraction of sp³-hybridized carbons (Fsp3) is 0.355. The zero-order chi connectivity index (χ0) is 29.8. The molecule has 0 radical (unpaired) electrons. The number of nitrogens with one attached hydrogen (secondary N) is 1. The van der Waals surface area contributed by atoms with Crippen molar-refractivity contribution in [3.8, 4) is 0 Å². The van der Waals surface area contributed by atoms with Gasteiger partial charge in [0.15, 0.2) is 0 Å². The highest BCUT2D eigenvalue weighted by atomic mass is 35.5. The molecule has 10 heteroatoms. The lowest BCUT2D eigenvalue weighted by molar-refractivity contribution is -0.141. The molecule has 0 bridgehead atoms. The lowest BCUT2D eigenvalue weighted by Gasteiger charge is -2.32. The van der Waals surface area contributed by atoms with Crippen LogP contribution in [0.3, 0.4) is 0 Å². The Morgan fingerprint density at radius 2 is 1.54 bits per heavy atom. The van der Waals surface area contributed by atoms with E-state index >= 15 is 0 Å². The maximum Gasteiger partial charge on any atom is 0.243 e. The van der Waals surface area contributed by atoms with E-state index in [1.807, 2.05) is 49.4 Å². The van der Waals surface area contributed by atoms with E-state index in [4.69, 9.17) is 23.2 Å². The summed E-state index contributed by atoms with van der Waals surface area (Å²) in [6, 6.07) is 22.6. The van der Waals surface area contributed by atoms with Crippen LogP contribution in [0.4, 0.5) is 5.69 Å². The average Bonchev–Trinajstić information content (AvgIpc) is 2.93. The smallest absolute Gasteiger partial charge is 0.243 e. The fourth-order valence-electron chi connectivity index (χ4n) is 4.53. The number of hydrogen-bond donors (Lipinski definition) is 1. The zero-order valence-corrected chi connectivity index (χ0v) is 25.8.